The van der Waals surface area contributed by atoms with Crippen molar-refractivity contribution in [2.45, 2.75) is 25.9 Å². The highest BCUT2D eigenvalue weighted by Crippen LogP contribution is 2.28. The maximum Gasteiger partial charge on any atom is 0.419 e. The third-order valence-corrected chi connectivity index (χ3v) is 2.58. The van der Waals surface area contributed by atoms with Crippen LogP contribution in [0.4, 0.5) is 13.2 Å². The molecule has 20 heavy (non-hydrogen) atoms. The number of nitrogens with zero attached hydrogens (tertiary/aromatic N) is 3. The SMILES string of the molecule is CCCCOC(=O)c1cc2ncc(C(F)(F)F)cn2n1. The molecule has 0 saturated heterocycles. The van der Waals surface area contributed by atoms with Gasteiger partial charge in [0.2, 0.25) is 0 Å². The summed E-state index contributed by atoms with van der Waals surface area (Å²) >= 11 is 0. The Morgan fingerprint density at radius 3 is 2.85 bits per heavy atom. The maximum absolute atomic E-state index is 12.5. The van der Waals surface area contributed by atoms with Crippen LogP contribution in [0.1, 0.15) is 35.8 Å². The van der Waals surface area contributed by atoms with Crippen LogP contribution in [-0.4, -0.2) is 27.2 Å². The van der Waals surface area contributed by atoms with Crippen molar-refractivity contribution in [1.82, 2.24) is 14.6 Å². The fourth-order valence-corrected chi connectivity index (χ4v) is 1.51. The number of hydrogen-bond acceptors (Lipinski definition) is 4. The van der Waals surface area contributed by atoms with Crippen molar-refractivity contribution in [3.63, 3.8) is 0 Å². The molecule has 0 spiro atoms. The topological polar surface area (TPSA) is 56.5 Å². The van der Waals surface area contributed by atoms with Crippen LogP contribution in [0.2, 0.25) is 0 Å². The molecule has 0 radical (unpaired) electrons. The molecular weight excluding hydrogens is 275 g/mol. The summed E-state index contributed by atoms with van der Waals surface area (Å²) in [6, 6.07) is 1.29. The summed E-state index contributed by atoms with van der Waals surface area (Å²) < 4.78 is 43.4. The number of unbranched alkanes of at least 4 members (excludes halogenated alkanes) is 1. The Morgan fingerprint density at radius 2 is 2.20 bits per heavy atom. The van der Waals surface area contributed by atoms with Crippen LogP contribution in [0.15, 0.2) is 18.5 Å². The van der Waals surface area contributed by atoms with Crippen molar-refractivity contribution in [2.24, 2.45) is 0 Å². The average Bonchev–Trinajstić information content (AvgIpc) is 2.80. The normalized spacial score (nSPS) is 11.8. The van der Waals surface area contributed by atoms with Crippen LogP contribution in [0.3, 0.4) is 0 Å². The second kappa shape index (κ2) is 5.48. The Hall–Kier alpha value is -2.12. The minimum atomic E-state index is -4.51. The summed E-state index contributed by atoms with van der Waals surface area (Å²) in [6.07, 6.45) is -1.44. The van der Waals surface area contributed by atoms with E-state index >= 15 is 0 Å². The first kappa shape index (κ1) is 14.3. The molecule has 8 heteroatoms. The highest BCUT2D eigenvalue weighted by Gasteiger charge is 2.31. The number of halogens is 3. The van der Waals surface area contributed by atoms with E-state index in [0.29, 0.717) is 6.20 Å². The van der Waals surface area contributed by atoms with Gasteiger partial charge in [0.25, 0.3) is 0 Å². The van der Waals surface area contributed by atoms with E-state index in [-0.39, 0.29) is 17.9 Å². The van der Waals surface area contributed by atoms with Crippen molar-refractivity contribution in [2.75, 3.05) is 6.61 Å². The molecule has 0 atom stereocenters. The van der Waals surface area contributed by atoms with E-state index in [1.165, 1.54) is 6.07 Å². The zero-order valence-electron chi connectivity index (χ0n) is 10.6. The van der Waals surface area contributed by atoms with E-state index in [2.05, 4.69) is 10.1 Å². The van der Waals surface area contributed by atoms with E-state index in [0.717, 1.165) is 23.6 Å². The molecule has 0 aliphatic carbocycles. The molecule has 0 amide bonds. The van der Waals surface area contributed by atoms with E-state index in [4.69, 9.17) is 4.74 Å². The third kappa shape index (κ3) is 3.06. The Bertz CT molecular complexity index is 622. The van der Waals surface area contributed by atoms with Gasteiger partial charge < -0.3 is 4.74 Å². The lowest BCUT2D eigenvalue weighted by molar-refractivity contribution is -0.138. The molecular formula is C12H12F3N3O2. The van der Waals surface area contributed by atoms with Gasteiger partial charge in [0, 0.05) is 18.5 Å². The lowest BCUT2D eigenvalue weighted by Gasteiger charge is -2.05. The van der Waals surface area contributed by atoms with E-state index in [9.17, 15) is 18.0 Å². The number of ether oxygens (including phenoxy) is 1. The first-order valence-corrected chi connectivity index (χ1v) is 6.01. The van der Waals surface area contributed by atoms with Crippen LogP contribution >= 0.6 is 0 Å². The summed E-state index contributed by atoms with van der Waals surface area (Å²) in [5, 5.41) is 3.75. The van der Waals surface area contributed by atoms with Gasteiger partial charge in [-0.2, -0.15) is 18.3 Å². The monoisotopic (exact) mass is 287 g/mol. The lowest BCUT2D eigenvalue weighted by Crippen LogP contribution is -2.09. The molecule has 0 bridgehead atoms. The lowest BCUT2D eigenvalue weighted by atomic mass is 10.3. The number of rotatable bonds is 4. The first-order chi connectivity index (χ1) is 9.41. The minimum Gasteiger partial charge on any atom is -0.461 e. The molecule has 0 N–H and O–H groups in total. The van der Waals surface area contributed by atoms with Crippen molar-refractivity contribution >= 4 is 11.6 Å². The second-order valence-corrected chi connectivity index (χ2v) is 4.16. The van der Waals surface area contributed by atoms with Crippen LogP contribution in [0.25, 0.3) is 5.65 Å². The van der Waals surface area contributed by atoms with Gasteiger partial charge in [0.15, 0.2) is 11.3 Å². The molecule has 2 aromatic heterocycles. The standard InChI is InChI=1S/C12H12F3N3O2/c1-2-3-4-20-11(19)9-5-10-16-6-8(12(13,14)15)7-18(10)17-9/h5-7H,2-4H2,1H3. The van der Waals surface area contributed by atoms with Gasteiger partial charge in [-0.1, -0.05) is 13.3 Å². The molecule has 0 unspecified atom stereocenters. The van der Waals surface area contributed by atoms with Crippen LogP contribution in [0, 0.1) is 0 Å². The molecule has 0 aliphatic rings. The van der Waals surface area contributed by atoms with Crippen molar-refractivity contribution < 1.29 is 22.7 Å². The highest BCUT2D eigenvalue weighted by molar-refractivity contribution is 5.88. The van der Waals surface area contributed by atoms with Gasteiger partial charge in [-0.15, -0.1) is 0 Å². The highest BCUT2D eigenvalue weighted by atomic mass is 19.4. The van der Waals surface area contributed by atoms with Crippen molar-refractivity contribution in [1.29, 1.82) is 0 Å². The molecule has 0 saturated carbocycles. The molecule has 2 heterocycles. The number of hydrogen-bond donors (Lipinski definition) is 0. The van der Waals surface area contributed by atoms with Crippen LogP contribution in [0.5, 0.6) is 0 Å². The molecule has 0 fully saturated rings. The van der Waals surface area contributed by atoms with Crippen molar-refractivity contribution in [3.05, 3.63) is 29.7 Å². The van der Waals surface area contributed by atoms with Crippen LogP contribution < -0.4 is 0 Å². The number of carbonyl (C=O) groups is 1. The first-order valence-electron chi connectivity index (χ1n) is 6.01. The summed E-state index contributed by atoms with van der Waals surface area (Å²) in [4.78, 5) is 15.2. The van der Waals surface area contributed by atoms with Gasteiger partial charge in [0.1, 0.15) is 0 Å². The smallest absolute Gasteiger partial charge is 0.419 e. The minimum absolute atomic E-state index is 0.0621. The number of aromatic nitrogens is 3. The fraction of sp³-hybridized carbons (Fsp3) is 0.417. The molecule has 5 nitrogen and oxygen atoms in total. The zero-order valence-corrected chi connectivity index (χ0v) is 10.6. The van der Waals surface area contributed by atoms with Gasteiger partial charge in [0.05, 0.1) is 12.2 Å². The summed E-state index contributed by atoms with van der Waals surface area (Å²) in [5.41, 5.74) is -0.840. The average molecular weight is 287 g/mol. The van der Waals surface area contributed by atoms with E-state index in [1.807, 2.05) is 6.92 Å². The van der Waals surface area contributed by atoms with Crippen LogP contribution in [-0.2, 0) is 10.9 Å². The van der Waals surface area contributed by atoms with Gasteiger partial charge in [-0.25, -0.2) is 14.3 Å². The summed E-state index contributed by atoms with van der Waals surface area (Å²) in [6.45, 7) is 2.20. The van der Waals surface area contributed by atoms with Gasteiger partial charge in [-0.3, -0.25) is 0 Å². The Labute approximate surface area is 112 Å². The Morgan fingerprint density at radius 1 is 1.45 bits per heavy atom. The molecule has 0 aliphatic heterocycles. The zero-order chi connectivity index (χ0) is 14.8. The molecule has 2 rings (SSSR count). The van der Waals surface area contributed by atoms with Gasteiger partial charge >= 0.3 is 12.1 Å². The number of fused-ring (bicyclic) bond motifs is 1. The number of carbonyl (C=O) groups excluding carboxylic acids is 1. The summed E-state index contributed by atoms with van der Waals surface area (Å²) in [5.74, 6) is -0.669. The molecule has 0 aromatic carbocycles. The Kier molecular flexibility index (Phi) is 3.91. The Balaban J connectivity index is 2.23. The predicted octanol–water partition coefficient (Wildman–Crippen LogP) is 2.71. The summed E-state index contributed by atoms with van der Waals surface area (Å²) in [7, 11) is 0. The van der Waals surface area contributed by atoms with E-state index < -0.39 is 17.7 Å². The predicted molar refractivity (Wildman–Crippen MR) is 63.2 cm³/mol. The molecule has 108 valence electrons. The quantitative estimate of drug-likeness (QED) is 0.641. The maximum atomic E-state index is 12.5. The van der Waals surface area contributed by atoms with E-state index in [1.54, 1.807) is 0 Å². The fourth-order valence-electron chi connectivity index (χ4n) is 1.51. The number of esters is 1. The van der Waals surface area contributed by atoms with Gasteiger partial charge in [-0.05, 0) is 6.42 Å². The second-order valence-electron chi connectivity index (χ2n) is 4.16. The number of alkyl halides is 3. The largest absolute Gasteiger partial charge is 0.461 e. The third-order valence-electron chi connectivity index (χ3n) is 2.58. The molecule has 2 aromatic rings. The van der Waals surface area contributed by atoms with Crippen molar-refractivity contribution in [3.8, 4) is 0 Å².